The molecule has 5 nitrogen and oxygen atoms in total. The molecule has 5 rings (SSSR count). The second-order valence-electron chi connectivity index (χ2n) is 8.54. The van der Waals surface area contributed by atoms with Gasteiger partial charge in [-0.3, -0.25) is 4.98 Å². The molecule has 2 fully saturated rings. The average Bonchev–Trinajstić information content (AvgIpc) is 2.77. The van der Waals surface area contributed by atoms with Crippen LogP contribution in [0.25, 0.3) is 10.9 Å². The summed E-state index contributed by atoms with van der Waals surface area (Å²) in [5, 5.41) is 12.6. The Labute approximate surface area is 176 Å². The smallest absolute Gasteiger partial charge is 0.410 e. The maximum atomic E-state index is 12.9. The normalized spacial score (nSPS) is 25.8. The van der Waals surface area contributed by atoms with Crippen molar-refractivity contribution in [1.29, 1.82) is 0 Å². The number of aromatic nitrogens is 1. The summed E-state index contributed by atoms with van der Waals surface area (Å²) in [6.45, 7) is 0.275. The number of rotatable bonds is 3. The van der Waals surface area contributed by atoms with Crippen LogP contribution >= 0.6 is 0 Å². The number of ether oxygens (including phenoxy) is 1. The highest BCUT2D eigenvalue weighted by Gasteiger charge is 2.48. The Morgan fingerprint density at radius 3 is 2.60 bits per heavy atom. The van der Waals surface area contributed by atoms with Crippen molar-refractivity contribution in [3.8, 4) is 0 Å². The first-order valence-corrected chi connectivity index (χ1v) is 10.7. The molecule has 1 N–H and O–H groups in total. The number of amides is 1. The Kier molecular flexibility index (Phi) is 4.91. The topological polar surface area (TPSA) is 62.7 Å². The Hall–Kier alpha value is -2.92. The van der Waals surface area contributed by atoms with Crippen molar-refractivity contribution in [2.75, 3.05) is 0 Å². The molecule has 0 radical (unpaired) electrons. The van der Waals surface area contributed by atoms with E-state index in [-0.39, 0.29) is 24.8 Å². The predicted octanol–water partition coefficient (Wildman–Crippen LogP) is 4.78. The zero-order chi connectivity index (χ0) is 20.6. The molecule has 2 aromatic carbocycles. The highest BCUT2D eigenvalue weighted by atomic mass is 16.6. The van der Waals surface area contributed by atoms with Gasteiger partial charge in [0.2, 0.25) is 0 Å². The average molecular weight is 402 g/mol. The van der Waals surface area contributed by atoms with Crippen molar-refractivity contribution in [2.24, 2.45) is 0 Å². The Morgan fingerprint density at radius 1 is 1.07 bits per heavy atom. The van der Waals surface area contributed by atoms with E-state index in [0.29, 0.717) is 12.8 Å². The highest BCUT2D eigenvalue weighted by Crippen LogP contribution is 2.45. The molecule has 3 aromatic rings. The minimum atomic E-state index is -0.935. The lowest BCUT2D eigenvalue weighted by Crippen LogP contribution is -2.58. The van der Waals surface area contributed by atoms with Crippen LogP contribution in [0.3, 0.4) is 0 Å². The van der Waals surface area contributed by atoms with E-state index in [0.717, 1.165) is 41.3 Å². The highest BCUT2D eigenvalue weighted by molar-refractivity contribution is 5.79. The van der Waals surface area contributed by atoms with E-state index in [4.69, 9.17) is 4.74 Å². The molecule has 5 heteroatoms. The third-order valence-corrected chi connectivity index (χ3v) is 6.56. The number of carbonyl (C=O) groups excluding carboxylic acids is 1. The lowest BCUT2D eigenvalue weighted by atomic mass is 9.72. The van der Waals surface area contributed by atoms with E-state index in [1.165, 1.54) is 0 Å². The van der Waals surface area contributed by atoms with Gasteiger partial charge in [0, 0.05) is 36.5 Å². The molecule has 0 spiro atoms. The lowest BCUT2D eigenvalue weighted by Gasteiger charge is -2.51. The third-order valence-electron chi connectivity index (χ3n) is 6.56. The lowest BCUT2D eigenvalue weighted by molar-refractivity contribution is -0.0895. The quantitative estimate of drug-likeness (QED) is 0.685. The van der Waals surface area contributed by atoms with Crippen molar-refractivity contribution in [1.82, 2.24) is 9.88 Å². The van der Waals surface area contributed by atoms with Crippen molar-refractivity contribution >= 4 is 17.0 Å². The van der Waals surface area contributed by atoms with Crippen LogP contribution in [0, 0.1) is 0 Å². The molecule has 1 aromatic heterocycles. The van der Waals surface area contributed by atoms with Crippen molar-refractivity contribution in [3.63, 3.8) is 0 Å². The zero-order valence-electron chi connectivity index (χ0n) is 16.9. The number of piperidine rings is 2. The third kappa shape index (κ3) is 3.54. The van der Waals surface area contributed by atoms with Crippen LogP contribution in [0.15, 0.2) is 66.9 Å². The number of nitrogens with zero attached hydrogens (tertiary/aromatic N) is 2. The summed E-state index contributed by atoms with van der Waals surface area (Å²) in [6.07, 6.45) is 5.46. The Balaban J connectivity index is 1.35. The summed E-state index contributed by atoms with van der Waals surface area (Å²) in [5.41, 5.74) is 1.88. The summed E-state index contributed by atoms with van der Waals surface area (Å²) < 4.78 is 5.63. The first-order chi connectivity index (χ1) is 14.6. The molecule has 154 valence electrons. The van der Waals surface area contributed by atoms with Crippen LogP contribution in [0.2, 0.25) is 0 Å². The van der Waals surface area contributed by atoms with Gasteiger partial charge in [0.05, 0.1) is 11.1 Å². The van der Waals surface area contributed by atoms with E-state index in [2.05, 4.69) is 4.98 Å². The fourth-order valence-electron chi connectivity index (χ4n) is 5.12. The number of hydrogen-bond acceptors (Lipinski definition) is 4. The molecule has 1 amide bonds. The van der Waals surface area contributed by atoms with Crippen LogP contribution in [-0.4, -0.2) is 33.2 Å². The standard InChI is InChI=1S/C25H26N2O3/c28-24(30-17-18-6-2-1-3-7-18)27-21-9-4-10-22(27)16-25(29,15-21)20-11-12-23-19(14-20)8-5-13-26-23/h1-3,5-8,11-14,21-22,29H,4,9-10,15-17H2. The molecule has 2 unspecified atom stereocenters. The van der Waals surface area contributed by atoms with E-state index in [9.17, 15) is 9.90 Å². The molecule has 3 heterocycles. The van der Waals surface area contributed by atoms with E-state index < -0.39 is 5.60 Å². The SMILES string of the molecule is O=C(OCc1ccccc1)N1C2CCCC1CC(O)(c1ccc3ncccc3c1)C2. The second kappa shape index (κ2) is 7.73. The predicted molar refractivity (Wildman–Crippen MR) is 115 cm³/mol. The van der Waals surface area contributed by atoms with Crippen LogP contribution in [0.1, 0.15) is 43.2 Å². The van der Waals surface area contributed by atoms with Crippen molar-refractivity contribution < 1.29 is 14.6 Å². The fraction of sp³-hybridized carbons (Fsp3) is 0.360. The Morgan fingerprint density at radius 2 is 1.83 bits per heavy atom. The van der Waals surface area contributed by atoms with Crippen molar-refractivity contribution in [3.05, 3.63) is 78.0 Å². The minimum absolute atomic E-state index is 0.00429. The van der Waals surface area contributed by atoms with Gasteiger partial charge in [-0.05, 0) is 48.6 Å². The largest absolute Gasteiger partial charge is 0.445 e. The van der Waals surface area contributed by atoms with Gasteiger partial charge in [-0.15, -0.1) is 0 Å². The molecule has 0 aliphatic carbocycles. The summed E-state index contributed by atoms with van der Waals surface area (Å²) in [7, 11) is 0. The molecule has 30 heavy (non-hydrogen) atoms. The summed E-state index contributed by atoms with van der Waals surface area (Å²) in [5.74, 6) is 0. The molecule has 2 saturated heterocycles. The van der Waals surface area contributed by atoms with E-state index in [1.807, 2.05) is 65.6 Å². The summed E-state index contributed by atoms with van der Waals surface area (Å²) >= 11 is 0. The number of pyridine rings is 1. The van der Waals surface area contributed by atoms with Gasteiger partial charge < -0.3 is 14.7 Å². The molecule has 2 atom stereocenters. The molecule has 2 bridgehead atoms. The van der Waals surface area contributed by atoms with Gasteiger partial charge in [-0.2, -0.15) is 0 Å². The summed E-state index contributed by atoms with van der Waals surface area (Å²) in [4.78, 5) is 19.2. The van der Waals surface area contributed by atoms with E-state index in [1.54, 1.807) is 6.20 Å². The molecule has 2 aliphatic heterocycles. The minimum Gasteiger partial charge on any atom is -0.445 e. The Bertz CT molecular complexity index is 1040. The zero-order valence-corrected chi connectivity index (χ0v) is 16.9. The maximum absolute atomic E-state index is 12.9. The number of benzene rings is 2. The number of fused-ring (bicyclic) bond motifs is 3. The first kappa shape index (κ1) is 19.1. The van der Waals surface area contributed by atoms with Gasteiger partial charge >= 0.3 is 6.09 Å². The van der Waals surface area contributed by atoms with Gasteiger partial charge in [0.1, 0.15) is 6.61 Å². The number of aliphatic hydroxyl groups is 1. The second-order valence-corrected chi connectivity index (χ2v) is 8.54. The molecule has 0 saturated carbocycles. The van der Waals surface area contributed by atoms with Gasteiger partial charge in [-0.1, -0.05) is 42.5 Å². The van der Waals surface area contributed by atoms with Crippen LogP contribution < -0.4 is 0 Å². The van der Waals surface area contributed by atoms with Gasteiger partial charge in [0.25, 0.3) is 0 Å². The monoisotopic (exact) mass is 402 g/mol. The van der Waals surface area contributed by atoms with Crippen molar-refractivity contribution in [2.45, 2.75) is 56.4 Å². The molecular weight excluding hydrogens is 376 g/mol. The number of carbonyl (C=O) groups is 1. The molecular formula is C25H26N2O3. The van der Waals surface area contributed by atoms with Crippen LogP contribution in [0.4, 0.5) is 4.79 Å². The van der Waals surface area contributed by atoms with E-state index >= 15 is 0 Å². The van der Waals surface area contributed by atoms with Gasteiger partial charge in [0.15, 0.2) is 0 Å². The number of hydrogen-bond donors (Lipinski definition) is 1. The summed E-state index contributed by atoms with van der Waals surface area (Å²) in [6, 6.07) is 19.7. The van der Waals surface area contributed by atoms with Gasteiger partial charge in [-0.25, -0.2) is 4.79 Å². The fourth-order valence-corrected chi connectivity index (χ4v) is 5.12. The van der Waals surface area contributed by atoms with Crippen LogP contribution in [0.5, 0.6) is 0 Å². The van der Waals surface area contributed by atoms with Crippen LogP contribution in [-0.2, 0) is 16.9 Å². The molecule has 2 aliphatic rings. The first-order valence-electron chi connectivity index (χ1n) is 10.7. The maximum Gasteiger partial charge on any atom is 0.410 e.